The van der Waals surface area contributed by atoms with Crippen LogP contribution in [0.4, 0.5) is 0 Å². The van der Waals surface area contributed by atoms with E-state index in [9.17, 15) is 9.90 Å². The summed E-state index contributed by atoms with van der Waals surface area (Å²) in [5, 5.41) is 9.40. The molecule has 0 bridgehead atoms. The summed E-state index contributed by atoms with van der Waals surface area (Å²) in [5.74, 6) is 0.731. The normalized spacial score (nSPS) is 13.3. The maximum Gasteiger partial charge on any atom is 0.335 e. The van der Waals surface area contributed by atoms with Gasteiger partial charge in [0.25, 0.3) is 8.32 Å². The van der Waals surface area contributed by atoms with Crippen LogP contribution in [-0.4, -0.2) is 27.7 Å². The Bertz CT molecular complexity index is 1080. The Hall–Kier alpha value is -1.84. The Balaban J connectivity index is 2.52. The van der Waals surface area contributed by atoms with Gasteiger partial charge in [-0.1, -0.05) is 75.7 Å². The highest BCUT2D eigenvalue weighted by Gasteiger charge is 2.40. The summed E-state index contributed by atoms with van der Waals surface area (Å²) in [5.41, 5.74) is 2.07. The minimum Gasteiger partial charge on any atom is -0.543 e. The molecule has 2 aromatic carbocycles. The molecule has 0 heterocycles. The summed E-state index contributed by atoms with van der Waals surface area (Å²) in [7, 11) is -4.05. The van der Waals surface area contributed by atoms with E-state index in [1.165, 1.54) is 0 Å². The van der Waals surface area contributed by atoms with Gasteiger partial charge in [-0.15, -0.1) is 0 Å². The number of benzene rings is 2. The second-order valence-electron chi connectivity index (χ2n) is 11.8. The molecule has 34 heavy (non-hydrogen) atoms. The third-order valence-corrected chi connectivity index (χ3v) is 16.4. The van der Waals surface area contributed by atoms with Gasteiger partial charge >= 0.3 is 5.97 Å². The molecule has 0 atom stereocenters. The van der Waals surface area contributed by atoms with E-state index < -0.39 is 22.6 Å². The first-order valence-electron chi connectivity index (χ1n) is 11.6. The molecule has 0 saturated heterocycles. The number of rotatable bonds is 7. The number of halogens is 1. The van der Waals surface area contributed by atoms with Crippen molar-refractivity contribution < 1.29 is 18.8 Å². The molecule has 2 aromatic rings. The van der Waals surface area contributed by atoms with Crippen LogP contribution in [0.2, 0.25) is 36.3 Å². The van der Waals surface area contributed by atoms with Crippen molar-refractivity contribution in [1.82, 2.24) is 0 Å². The molecule has 0 unspecified atom stereocenters. The molecule has 0 saturated carbocycles. The summed E-state index contributed by atoms with van der Waals surface area (Å²) < 4.78 is 14.0. The molecule has 1 N–H and O–H groups in total. The zero-order valence-corrected chi connectivity index (χ0v) is 25.8. The number of hydrogen-bond donors (Lipinski definition) is 1. The predicted molar refractivity (Wildman–Crippen MR) is 152 cm³/mol. The van der Waals surface area contributed by atoms with Gasteiger partial charge < -0.3 is 14.0 Å². The van der Waals surface area contributed by atoms with Gasteiger partial charge in [-0.05, 0) is 72.2 Å². The van der Waals surface area contributed by atoms with Crippen LogP contribution < -0.4 is 8.85 Å². The molecule has 0 aliphatic heterocycles. The molecule has 0 amide bonds. The van der Waals surface area contributed by atoms with E-state index in [1.807, 2.05) is 24.3 Å². The zero-order chi connectivity index (χ0) is 26.1. The van der Waals surface area contributed by atoms with Gasteiger partial charge in [-0.3, -0.25) is 0 Å². The standard InChI is InChI=1S/C27H39BrO4Si2/c1-26(2,3)33(7,8)31-22-15-16-24(32-34(9,10)27(4,5)6)20(17-22)13-11-19-12-14-21(25(29)30)18-23(19)28/h11-18H,1-10H3,(H,29,30). The largest absolute Gasteiger partial charge is 0.543 e. The van der Waals surface area contributed by atoms with Crippen LogP contribution >= 0.6 is 15.9 Å². The Morgan fingerprint density at radius 3 is 1.85 bits per heavy atom. The molecule has 0 radical (unpaired) electrons. The Kier molecular flexibility index (Phi) is 8.38. The predicted octanol–water partition coefficient (Wildman–Crippen LogP) is 9.09. The van der Waals surface area contributed by atoms with Crippen LogP contribution in [0, 0.1) is 0 Å². The average molecular weight is 564 g/mol. The van der Waals surface area contributed by atoms with E-state index in [2.05, 4.69) is 89.7 Å². The summed E-state index contributed by atoms with van der Waals surface area (Å²) in [6.07, 6.45) is 3.99. The molecule has 0 fully saturated rings. The molecular weight excluding hydrogens is 524 g/mol. The van der Waals surface area contributed by atoms with Crippen LogP contribution in [0.5, 0.6) is 11.5 Å². The molecule has 0 aliphatic carbocycles. The smallest absolute Gasteiger partial charge is 0.335 e. The van der Waals surface area contributed by atoms with E-state index >= 15 is 0 Å². The first-order valence-corrected chi connectivity index (χ1v) is 18.2. The van der Waals surface area contributed by atoms with Crippen molar-refractivity contribution in [2.75, 3.05) is 0 Å². The number of aromatic carboxylic acids is 1. The third kappa shape index (κ3) is 6.86. The molecular formula is C27H39BrO4Si2. The summed E-state index contributed by atoms with van der Waals surface area (Å²) in [6.45, 7) is 22.3. The van der Waals surface area contributed by atoms with Crippen LogP contribution in [0.3, 0.4) is 0 Å². The van der Waals surface area contributed by atoms with Crippen molar-refractivity contribution in [1.29, 1.82) is 0 Å². The van der Waals surface area contributed by atoms with Crippen molar-refractivity contribution in [2.45, 2.75) is 77.8 Å². The van der Waals surface area contributed by atoms with E-state index in [-0.39, 0.29) is 15.6 Å². The van der Waals surface area contributed by atoms with Gasteiger partial charge in [0, 0.05) is 10.0 Å². The fraction of sp³-hybridized carbons (Fsp3) is 0.444. The topological polar surface area (TPSA) is 55.8 Å². The van der Waals surface area contributed by atoms with Crippen molar-refractivity contribution >= 4 is 50.7 Å². The van der Waals surface area contributed by atoms with E-state index in [0.29, 0.717) is 0 Å². The minimum absolute atomic E-state index is 0.0694. The van der Waals surface area contributed by atoms with Gasteiger partial charge in [-0.2, -0.15) is 0 Å². The van der Waals surface area contributed by atoms with Crippen molar-refractivity contribution in [3.05, 3.63) is 57.6 Å². The first kappa shape index (κ1) is 28.4. The van der Waals surface area contributed by atoms with Gasteiger partial charge in [0.1, 0.15) is 11.5 Å². The second-order valence-corrected chi connectivity index (χ2v) is 22.1. The summed E-state index contributed by atoms with van der Waals surface area (Å²) in [4.78, 5) is 11.3. The first-order chi connectivity index (χ1) is 15.3. The second kappa shape index (κ2) is 10.0. The molecule has 186 valence electrons. The van der Waals surface area contributed by atoms with Crippen LogP contribution in [0.1, 0.15) is 63.0 Å². The van der Waals surface area contributed by atoms with E-state index in [4.69, 9.17) is 8.85 Å². The molecule has 7 heteroatoms. The van der Waals surface area contributed by atoms with Gasteiger partial charge in [-0.25, -0.2) is 4.79 Å². The highest BCUT2D eigenvalue weighted by molar-refractivity contribution is 9.10. The minimum atomic E-state index is -2.05. The Morgan fingerprint density at radius 1 is 0.824 bits per heavy atom. The fourth-order valence-electron chi connectivity index (χ4n) is 2.66. The lowest BCUT2D eigenvalue weighted by molar-refractivity contribution is 0.0697. The van der Waals surface area contributed by atoms with Crippen LogP contribution in [-0.2, 0) is 0 Å². The number of carboxylic acids is 1. The molecule has 4 nitrogen and oxygen atoms in total. The van der Waals surface area contributed by atoms with Gasteiger partial charge in [0.2, 0.25) is 8.32 Å². The maximum absolute atomic E-state index is 11.3. The van der Waals surface area contributed by atoms with Crippen molar-refractivity contribution in [2.24, 2.45) is 0 Å². The quantitative estimate of drug-likeness (QED) is 0.270. The number of carboxylic acid groups (broad SMARTS) is 1. The highest BCUT2D eigenvalue weighted by atomic mass is 79.9. The number of carbonyl (C=O) groups is 1. The summed E-state index contributed by atoms with van der Waals surface area (Å²) >= 11 is 3.50. The number of hydrogen-bond acceptors (Lipinski definition) is 3. The van der Waals surface area contributed by atoms with Crippen LogP contribution in [0.15, 0.2) is 40.9 Å². The van der Waals surface area contributed by atoms with Gasteiger partial charge in [0.05, 0.1) is 5.56 Å². The van der Waals surface area contributed by atoms with E-state index in [1.54, 1.807) is 18.2 Å². The molecule has 0 aromatic heterocycles. The van der Waals surface area contributed by atoms with Crippen LogP contribution in [0.25, 0.3) is 12.2 Å². The summed E-state index contributed by atoms with van der Waals surface area (Å²) in [6, 6.07) is 11.1. The third-order valence-electron chi connectivity index (χ3n) is 7.02. The van der Waals surface area contributed by atoms with E-state index in [0.717, 1.165) is 27.1 Å². The monoisotopic (exact) mass is 562 g/mol. The highest BCUT2D eigenvalue weighted by Crippen LogP contribution is 2.41. The van der Waals surface area contributed by atoms with Gasteiger partial charge in [0.15, 0.2) is 0 Å². The molecule has 2 rings (SSSR count). The Morgan fingerprint density at radius 2 is 1.35 bits per heavy atom. The van der Waals surface area contributed by atoms with Crippen molar-refractivity contribution in [3.63, 3.8) is 0 Å². The maximum atomic E-state index is 11.3. The average Bonchev–Trinajstić information content (AvgIpc) is 2.66. The zero-order valence-electron chi connectivity index (χ0n) is 22.2. The van der Waals surface area contributed by atoms with Crippen molar-refractivity contribution in [3.8, 4) is 11.5 Å². The molecule has 0 aliphatic rings. The lowest BCUT2D eigenvalue weighted by atomic mass is 10.1. The Labute approximate surface area is 215 Å². The fourth-order valence-corrected chi connectivity index (χ4v) is 5.24. The molecule has 0 spiro atoms. The SMILES string of the molecule is CC(C)(C)[Si](C)(C)Oc1ccc(O[Si](C)(C)C(C)(C)C)c(C=Cc2ccc(C(=O)O)cc2Br)c1. The lowest BCUT2D eigenvalue weighted by Crippen LogP contribution is -2.44. The lowest BCUT2D eigenvalue weighted by Gasteiger charge is -2.38.